The molecule has 5 nitrogen and oxygen atoms in total. The fourth-order valence-electron chi connectivity index (χ4n) is 2.37. The summed E-state index contributed by atoms with van der Waals surface area (Å²) in [4.78, 5) is 22.3. The molecule has 3 aromatic rings. The number of aliphatic carboxylic acids is 1. The average Bonchev–Trinajstić information content (AvgIpc) is 3.00. The first-order valence-electron chi connectivity index (χ1n) is 7.64. The number of pyridine rings is 1. The maximum Gasteiger partial charge on any atom is 0.142 e. The van der Waals surface area contributed by atoms with Crippen molar-refractivity contribution in [1.82, 2.24) is 9.97 Å². The van der Waals surface area contributed by atoms with E-state index in [0.717, 1.165) is 11.4 Å². The number of aromatic nitrogens is 2. The largest absolute Gasteiger partial charge is 0.550 e. The number of carboxylic acid groups (broad SMARTS) is 1. The zero-order chi connectivity index (χ0) is 18.8. The van der Waals surface area contributed by atoms with E-state index in [1.807, 2.05) is 31.1 Å². The molecule has 26 heavy (non-hydrogen) atoms. The topological polar surface area (TPSA) is 69.2 Å². The molecule has 0 aliphatic carbocycles. The van der Waals surface area contributed by atoms with Crippen LogP contribution in [0.1, 0.15) is 4.88 Å². The van der Waals surface area contributed by atoms with Crippen LogP contribution in [0.5, 0.6) is 0 Å². The normalized spacial score (nSPS) is 10.8. The molecule has 2 aromatic heterocycles. The van der Waals surface area contributed by atoms with Crippen LogP contribution in [0.2, 0.25) is 5.02 Å². The lowest BCUT2D eigenvalue weighted by Crippen LogP contribution is -2.24. The molecule has 0 amide bonds. The third-order valence-electron chi connectivity index (χ3n) is 3.65. The van der Waals surface area contributed by atoms with E-state index < -0.39 is 11.8 Å². The second-order valence-corrected chi connectivity index (χ2v) is 7.26. The molecule has 0 atom stereocenters. The number of hydrogen-bond donors (Lipinski definition) is 0. The quantitative estimate of drug-likeness (QED) is 0.669. The average molecular weight is 391 g/mol. The zero-order valence-electron chi connectivity index (χ0n) is 14.0. The van der Waals surface area contributed by atoms with Crippen LogP contribution in [-0.4, -0.2) is 30.0 Å². The van der Waals surface area contributed by atoms with Gasteiger partial charge in [0, 0.05) is 48.7 Å². The van der Waals surface area contributed by atoms with Crippen molar-refractivity contribution in [2.45, 2.75) is 6.42 Å². The molecule has 134 valence electrons. The van der Waals surface area contributed by atoms with Crippen LogP contribution in [0.3, 0.4) is 0 Å². The highest BCUT2D eigenvalue weighted by atomic mass is 35.5. The maximum absolute atomic E-state index is 13.8. The minimum atomic E-state index is -1.23. The van der Waals surface area contributed by atoms with Crippen molar-refractivity contribution in [1.29, 1.82) is 0 Å². The van der Waals surface area contributed by atoms with Crippen molar-refractivity contribution in [2.75, 3.05) is 19.0 Å². The van der Waals surface area contributed by atoms with Crippen LogP contribution in [-0.2, 0) is 11.2 Å². The van der Waals surface area contributed by atoms with Crippen molar-refractivity contribution in [3.8, 4) is 21.8 Å². The van der Waals surface area contributed by atoms with E-state index in [4.69, 9.17) is 11.6 Å². The Morgan fingerprint density at radius 3 is 2.58 bits per heavy atom. The van der Waals surface area contributed by atoms with E-state index in [0.29, 0.717) is 21.1 Å². The minimum Gasteiger partial charge on any atom is -0.550 e. The molecule has 0 N–H and O–H groups in total. The van der Waals surface area contributed by atoms with Gasteiger partial charge in [0.05, 0.1) is 10.7 Å². The molecule has 8 heteroatoms. The second-order valence-electron chi connectivity index (χ2n) is 5.77. The van der Waals surface area contributed by atoms with Crippen molar-refractivity contribution in [3.63, 3.8) is 0 Å². The second kappa shape index (κ2) is 7.39. The van der Waals surface area contributed by atoms with Gasteiger partial charge in [-0.1, -0.05) is 17.7 Å². The van der Waals surface area contributed by atoms with Crippen molar-refractivity contribution in [3.05, 3.63) is 52.2 Å². The highest BCUT2D eigenvalue weighted by Crippen LogP contribution is 2.35. The number of benzene rings is 1. The smallest absolute Gasteiger partial charge is 0.142 e. The monoisotopic (exact) mass is 390 g/mol. The fraction of sp³-hybridized carbons (Fsp3) is 0.167. The molecular weight excluding hydrogens is 377 g/mol. The van der Waals surface area contributed by atoms with Crippen LogP contribution in [0.4, 0.5) is 10.2 Å². The summed E-state index contributed by atoms with van der Waals surface area (Å²) in [6, 6.07) is 7.97. The highest BCUT2D eigenvalue weighted by Gasteiger charge is 2.16. The molecule has 0 fully saturated rings. The Morgan fingerprint density at radius 2 is 2.00 bits per heavy atom. The lowest BCUT2D eigenvalue weighted by atomic mass is 10.1. The van der Waals surface area contributed by atoms with E-state index in [1.54, 1.807) is 12.3 Å². The van der Waals surface area contributed by atoms with Crippen LogP contribution < -0.4 is 10.0 Å². The standard InChI is InChI=1S/C18H15ClFN3O2S/c1-23(2)15-6-4-11(9-21-15)18-22-17(14(26-18)8-16(24)25)10-3-5-12(19)13(20)7-10/h3-7,9H,8H2,1-2H3,(H,24,25)/p-1. The van der Waals surface area contributed by atoms with Crippen LogP contribution in [0.15, 0.2) is 36.5 Å². The van der Waals surface area contributed by atoms with E-state index in [9.17, 15) is 14.3 Å². The highest BCUT2D eigenvalue weighted by molar-refractivity contribution is 7.15. The first kappa shape index (κ1) is 18.3. The van der Waals surface area contributed by atoms with Gasteiger partial charge in [-0.15, -0.1) is 11.3 Å². The lowest BCUT2D eigenvalue weighted by molar-refractivity contribution is -0.304. The zero-order valence-corrected chi connectivity index (χ0v) is 15.6. The summed E-state index contributed by atoms with van der Waals surface area (Å²) in [5.41, 5.74) is 1.62. The Bertz CT molecular complexity index is 958. The summed E-state index contributed by atoms with van der Waals surface area (Å²) >= 11 is 6.94. The number of hydrogen-bond acceptors (Lipinski definition) is 6. The predicted octanol–water partition coefficient (Wildman–Crippen LogP) is 3.02. The van der Waals surface area contributed by atoms with Gasteiger partial charge in [-0.3, -0.25) is 0 Å². The van der Waals surface area contributed by atoms with Gasteiger partial charge in [-0.2, -0.15) is 0 Å². The predicted molar refractivity (Wildman–Crippen MR) is 98.8 cm³/mol. The minimum absolute atomic E-state index is 0.00544. The van der Waals surface area contributed by atoms with Gasteiger partial charge in [-0.25, -0.2) is 14.4 Å². The van der Waals surface area contributed by atoms with Gasteiger partial charge < -0.3 is 14.8 Å². The number of carboxylic acids is 1. The van der Waals surface area contributed by atoms with Crippen molar-refractivity contribution < 1.29 is 14.3 Å². The van der Waals surface area contributed by atoms with E-state index >= 15 is 0 Å². The molecule has 0 aliphatic heterocycles. The van der Waals surface area contributed by atoms with Gasteiger partial charge >= 0.3 is 0 Å². The molecule has 2 heterocycles. The Kier molecular flexibility index (Phi) is 5.20. The molecule has 0 radical (unpaired) electrons. The molecule has 0 spiro atoms. The molecule has 3 rings (SSSR count). The summed E-state index contributed by atoms with van der Waals surface area (Å²) < 4.78 is 13.8. The summed E-state index contributed by atoms with van der Waals surface area (Å²) in [5, 5.41) is 11.7. The van der Waals surface area contributed by atoms with Gasteiger partial charge in [0.25, 0.3) is 0 Å². The SMILES string of the molecule is CN(C)c1ccc(-c2nc(-c3ccc(Cl)c(F)c3)c(CC(=O)[O-])s2)cn1. The molecule has 1 aromatic carbocycles. The number of nitrogens with zero attached hydrogens (tertiary/aromatic N) is 3. The van der Waals surface area contributed by atoms with E-state index in [2.05, 4.69) is 9.97 Å². The Balaban J connectivity index is 2.06. The number of carbonyl (C=O) groups excluding carboxylic acids is 1. The molecule has 0 unspecified atom stereocenters. The third kappa shape index (κ3) is 3.84. The summed E-state index contributed by atoms with van der Waals surface area (Å²) in [5.74, 6) is -1.02. The summed E-state index contributed by atoms with van der Waals surface area (Å²) in [7, 11) is 3.77. The maximum atomic E-state index is 13.8. The molecular formula is C18H14ClFN3O2S-. The number of carbonyl (C=O) groups is 1. The van der Waals surface area contributed by atoms with Gasteiger partial charge in [-0.05, 0) is 24.3 Å². The number of thiazole rings is 1. The molecule has 0 aliphatic rings. The fourth-order valence-corrected chi connectivity index (χ4v) is 3.55. The van der Waals surface area contributed by atoms with Crippen molar-refractivity contribution in [2.24, 2.45) is 0 Å². The molecule has 0 saturated carbocycles. The van der Waals surface area contributed by atoms with E-state index in [1.165, 1.54) is 23.5 Å². The van der Waals surface area contributed by atoms with Crippen LogP contribution >= 0.6 is 22.9 Å². The van der Waals surface area contributed by atoms with Gasteiger partial charge in [0.2, 0.25) is 0 Å². The summed E-state index contributed by atoms with van der Waals surface area (Å²) in [6.07, 6.45) is 1.36. The lowest BCUT2D eigenvalue weighted by Gasteiger charge is -2.10. The van der Waals surface area contributed by atoms with Crippen molar-refractivity contribution >= 4 is 34.7 Å². The van der Waals surface area contributed by atoms with E-state index in [-0.39, 0.29) is 11.4 Å². The number of anilines is 1. The summed E-state index contributed by atoms with van der Waals surface area (Å²) in [6.45, 7) is 0. The first-order valence-corrected chi connectivity index (χ1v) is 8.83. The van der Waals surface area contributed by atoms with Crippen LogP contribution in [0, 0.1) is 5.82 Å². The Morgan fingerprint density at radius 1 is 1.27 bits per heavy atom. The Hall–Kier alpha value is -2.51. The van der Waals surface area contributed by atoms with Gasteiger partial charge in [0.15, 0.2) is 0 Å². The number of halogens is 2. The molecule has 0 bridgehead atoms. The van der Waals surface area contributed by atoms with Crippen LogP contribution in [0.25, 0.3) is 21.8 Å². The molecule has 0 saturated heterocycles. The van der Waals surface area contributed by atoms with Gasteiger partial charge in [0.1, 0.15) is 16.6 Å². The number of rotatable bonds is 5. The Labute approximate surface area is 158 Å². The first-order chi connectivity index (χ1) is 12.3. The third-order valence-corrected chi connectivity index (χ3v) is 5.06.